The fourth-order valence-corrected chi connectivity index (χ4v) is 3.16. The molecule has 0 N–H and O–H groups in total. The van der Waals surface area contributed by atoms with Gasteiger partial charge in [0, 0.05) is 5.56 Å². The first kappa shape index (κ1) is 15.7. The molecule has 0 fully saturated rings. The highest BCUT2D eigenvalue weighted by molar-refractivity contribution is 7.99. The molecular weight excluding hydrogens is 272 g/mol. The lowest BCUT2D eigenvalue weighted by Crippen LogP contribution is -1.93. The first-order chi connectivity index (χ1) is 10.3. The average molecular weight is 294 g/mol. The standard InChI is InChI=1S/C20H22S/c1-3-4-16-21-20(19-13-10-17(2)11-14-19)15-12-18-8-6-5-7-9-18/h5-11,13-14,20H,3-4,16H2,1-2H3. The van der Waals surface area contributed by atoms with Crippen LogP contribution in [0.5, 0.6) is 0 Å². The van der Waals surface area contributed by atoms with Crippen LogP contribution in [0.25, 0.3) is 0 Å². The third kappa shape index (κ3) is 5.33. The van der Waals surface area contributed by atoms with E-state index in [2.05, 4.69) is 62.1 Å². The molecule has 0 saturated carbocycles. The van der Waals surface area contributed by atoms with Gasteiger partial charge in [0.1, 0.15) is 0 Å². The van der Waals surface area contributed by atoms with Crippen molar-refractivity contribution in [3.05, 3.63) is 71.3 Å². The molecule has 1 unspecified atom stereocenters. The van der Waals surface area contributed by atoms with Crippen LogP contribution < -0.4 is 0 Å². The molecule has 1 atom stereocenters. The summed E-state index contributed by atoms with van der Waals surface area (Å²) in [4.78, 5) is 0. The van der Waals surface area contributed by atoms with Crippen LogP contribution in [0.4, 0.5) is 0 Å². The maximum Gasteiger partial charge on any atom is 0.0909 e. The molecule has 0 nitrogen and oxygen atoms in total. The van der Waals surface area contributed by atoms with E-state index < -0.39 is 0 Å². The van der Waals surface area contributed by atoms with Crippen molar-refractivity contribution in [2.75, 3.05) is 5.75 Å². The quantitative estimate of drug-likeness (QED) is 0.509. The molecule has 2 aromatic rings. The second-order valence-corrected chi connectivity index (χ2v) is 6.36. The fraction of sp³-hybridized carbons (Fsp3) is 0.300. The summed E-state index contributed by atoms with van der Waals surface area (Å²) in [5.41, 5.74) is 3.70. The van der Waals surface area contributed by atoms with Gasteiger partial charge in [0.2, 0.25) is 0 Å². The number of hydrogen-bond donors (Lipinski definition) is 0. The van der Waals surface area contributed by atoms with E-state index in [4.69, 9.17) is 0 Å². The molecule has 0 aliphatic heterocycles. The van der Waals surface area contributed by atoms with E-state index in [1.165, 1.54) is 29.7 Å². The number of aryl methyl sites for hydroxylation is 1. The van der Waals surface area contributed by atoms with E-state index in [0.717, 1.165) is 5.56 Å². The van der Waals surface area contributed by atoms with Crippen LogP contribution >= 0.6 is 11.8 Å². The van der Waals surface area contributed by atoms with Gasteiger partial charge in [0.15, 0.2) is 0 Å². The Morgan fingerprint density at radius 1 is 1.00 bits per heavy atom. The van der Waals surface area contributed by atoms with Crippen LogP contribution in [-0.4, -0.2) is 5.75 Å². The first-order valence-corrected chi connectivity index (χ1v) is 8.59. The molecule has 0 aliphatic rings. The third-order valence-electron chi connectivity index (χ3n) is 3.28. The minimum Gasteiger partial charge on any atom is -0.141 e. The highest BCUT2D eigenvalue weighted by atomic mass is 32.2. The van der Waals surface area contributed by atoms with Crippen molar-refractivity contribution >= 4 is 11.8 Å². The first-order valence-electron chi connectivity index (χ1n) is 7.54. The molecule has 2 aromatic carbocycles. The lowest BCUT2D eigenvalue weighted by atomic mass is 10.1. The van der Waals surface area contributed by atoms with Crippen LogP contribution in [-0.2, 0) is 0 Å². The van der Waals surface area contributed by atoms with E-state index in [1.807, 2.05) is 30.0 Å². The Bertz CT molecular complexity index is 587. The molecule has 2 rings (SSSR count). The van der Waals surface area contributed by atoms with Gasteiger partial charge in [-0.2, -0.15) is 0 Å². The highest BCUT2D eigenvalue weighted by Gasteiger charge is 2.08. The van der Waals surface area contributed by atoms with Crippen molar-refractivity contribution in [1.29, 1.82) is 0 Å². The van der Waals surface area contributed by atoms with Gasteiger partial charge in [-0.05, 0) is 36.8 Å². The Morgan fingerprint density at radius 2 is 1.71 bits per heavy atom. The summed E-state index contributed by atoms with van der Waals surface area (Å²) in [5, 5.41) is 0.261. The summed E-state index contributed by atoms with van der Waals surface area (Å²) >= 11 is 1.95. The second kappa shape index (κ2) is 8.60. The average Bonchev–Trinajstić information content (AvgIpc) is 2.53. The summed E-state index contributed by atoms with van der Waals surface area (Å²) in [7, 11) is 0. The smallest absolute Gasteiger partial charge is 0.0909 e. The predicted octanol–water partition coefficient (Wildman–Crippen LogP) is 5.62. The van der Waals surface area contributed by atoms with Gasteiger partial charge in [-0.1, -0.05) is 73.2 Å². The molecule has 0 bridgehead atoms. The Labute approximate surface area is 133 Å². The van der Waals surface area contributed by atoms with Crippen LogP contribution in [0.3, 0.4) is 0 Å². The van der Waals surface area contributed by atoms with Crippen molar-refractivity contribution in [2.24, 2.45) is 0 Å². The Balaban J connectivity index is 2.16. The molecule has 0 spiro atoms. The SMILES string of the molecule is CCCCSC(C#Cc1ccccc1)c1ccc(C)cc1. The molecule has 0 radical (unpaired) electrons. The third-order valence-corrected chi connectivity index (χ3v) is 4.53. The molecule has 1 heteroatoms. The molecule has 0 saturated heterocycles. The van der Waals surface area contributed by atoms with Crippen LogP contribution in [0.2, 0.25) is 0 Å². The molecular formula is C20H22S. The van der Waals surface area contributed by atoms with Crippen LogP contribution in [0, 0.1) is 18.8 Å². The summed E-state index contributed by atoms with van der Waals surface area (Å²) in [6.45, 7) is 4.36. The van der Waals surface area contributed by atoms with Gasteiger partial charge < -0.3 is 0 Å². The van der Waals surface area contributed by atoms with Crippen molar-refractivity contribution < 1.29 is 0 Å². The lowest BCUT2D eigenvalue weighted by molar-refractivity contribution is 0.895. The zero-order valence-electron chi connectivity index (χ0n) is 12.8. The van der Waals surface area contributed by atoms with E-state index in [-0.39, 0.29) is 5.25 Å². The second-order valence-electron chi connectivity index (χ2n) is 5.15. The van der Waals surface area contributed by atoms with Crippen molar-refractivity contribution in [2.45, 2.75) is 31.9 Å². The van der Waals surface area contributed by atoms with Crippen LogP contribution in [0.15, 0.2) is 54.6 Å². The summed E-state index contributed by atoms with van der Waals surface area (Å²) in [6.07, 6.45) is 2.49. The van der Waals surface area contributed by atoms with Crippen molar-refractivity contribution in [3.63, 3.8) is 0 Å². The molecule has 0 aliphatic carbocycles. The number of unbranched alkanes of at least 4 members (excludes halogenated alkanes) is 1. The van der Waals surface area contributed by atoms with E-state index in [0.29, 0.717) is 0 Å². The summed E-state index contributed by atoms with van der Waals surface area (Å²) in [5.74, 6) is 7.92. The topological polar surface area (TPSA) is 0 Å². The largest absolute Gasteiger partial charge is 0.141 e. The Morgan fingerprint density at radius 3 is 2.38 bits per heavy atom. The van der Waals surface area contributed by atoms with E-state index in [1.54, 1.807) is 0 Å². The van der Waals surface area contributed by atoms with Gasteiger partial charge in [0.05, 0.1) is 5.25 Å². The van der Waals surface area contributed by atoms with Gasteiger partial charge in [-0.3, -0.25) is 0 Å². The predicted molar refractivity (Wildman–Crippen MR) is 94.6 cm³/mol. The summed E-state index contributed by atoms with van der Waals surface area (Å²) in [6, 6.07) is 19.0. The van der Waals surface area contributed by atoms with Crippen LogP contribution in [0.1, 0.15) is 41.7 Å². The van der Waals surface area contributed by atoms with Crippen molar-refractivity contribution in [3.8, 4) is 11.8 Å². The molecule has 0 heterocycles. The zero-order chi connectivity index (χ0) is 14.9. The molecule has 108 valence electrons. The van der Waals surface area contributed by atoms with Gasteiger partial charge in [-0.25, -0.2) is 0 Å². The number of rotatable bonds is 5. The van der Waals surface area contributed by atoms with Gasteiger partial charge in [-0.15, -0.1) is 11.8 Å². The molecule has 0 aromatic heterocycles. The zero-order valence-corrected chi connectivity index (χ0v) is 13.6. The Hall–Kier alpha value is -1.65. The van der Waals surface area contributed by atoms with Gasteiger partial charge >= 0.3 is 0 Å². The highest BCUT2D eigenvalue weighted by Crippen LogP contribution is 2.29. The minimum atomic E-state index is 0.261. The maximum absolute atomic E-state index is 3.44. The number of hydrogen-bond acceptors (Lipinski definition) is 1. The number of thioether (sulfide) groups is 1. The van der Waals surface area contributed by atoms with E-state index >= 15 is 0 Å². The minimum absolute atomic E-state index is 0.261. The number of benzene rings is 2. The Kier molecular flexibility index (Phi) is 6.44. The van der Waals surface area contributed by atoms with E-state index in [9.17, 15) is 0 Å². The van der Waals surface area contributed by atoms with Crippen molar-refractivity contribution in [1.82, 2.24) is 0 Å². The normalized spacial score (nSPS) is 11.5. The molecule has 21 heavy (non-hydrogen) atoms. The fourth-order valence-electron chi connectivity index (χ4n) is 1.98. The summed E-state index contributed by atoms with van der Waals surface area (Å²) < 4.78 is 0. The maximum atomic E-state index is 3.44. The van der Waals surface area contributed by atoms with Gasteiger partial charge in [0.25, 0.3) is 0 Å². The monoisotopic (exact) mass is 294 g/mol. The lowest BCUT2D eigenvalue weighted by Gasteiger charge is -2.11. The molecule has 0 amide bonds.